The summed E-state index contributed by atoms with van der Waals surface area (Å²) in [6, 6.07) is 4.11. The molecule has 1 rings (SSSR count). The maximum Gasteiger partial charge on any atom is 0.184 e. The molecule has 0 aliphatic carbocycles. The molecule has 0 aromatic heterocycles. The molecule has 1 aromatic rings. The lowest BCUT2D eigenvalue weighted by Gasteiger charge is -2.15. The molecule has 0 unspecified atom stereocenters. The fourth-order valence-electron chi connectivity index (χ4n) is 1.18. The van der Waals surface area contributed by atoms with Crippen molar-refractivity contribution in [3.8, 4) is 6.07 Å². The van der Waals surface area contributed by atoms with Crippen molar-refractivity contribution >= 4 is 11.6 Å². The molecule has 80 valence electrons. The highest BCUT2D eigenvalue weighted by Gasteiger charge is 2.16. The van der Waals surface area contributed by atoms with Gasteiger partial charge in [0.15, 0.2) is 6.29 Å². The van der Waals surface area contributed by atoms with E-state index in [0.717, 1.165) is 6.07 Å². The maximum atomic E-state index is 13.1. The minimum Gasteiger partial charge on any atom is -0.352 e. The highest BCUT2D eigenvalue weighted by molar-refractivity contribution is 6.31. The van der Waals surface area contributed by atoms with Gasteiger partial charge in [0.1, 0.15) is 11.9 Å². The molecule has 3 nitrogen and oxygen atoms in total. The second-order valence-electron chi connectivity index (χ2n) is 2.77. The standard InChI is InChI=1S/C10H9ClFNO2/c1-14-10(15-2)7-3-6(5-13)9(12)4-8(7)11/h3-4,10H,1-2H3. The first-order valence-electron chi connectivity index (χ1n) is 4.08. The summed E-state index contributed by atoms with van der Waals surface area (Å²) in [6.45, 7) is 0. The summed E-state index contributed by atoms with van der Waals surface area (Å²) in [5.74, 6) is -0.655. The second kappa shape index (κ2) is 5.08. The predicted octanol–water partition coefficient (Wildman–Crippen LogP) is 2.64. The lowest BCUT2D eigenvalue weighted by Crippen LogP contribution is -2.05. The Hall–Kier alpha value is -1.15. The van der Waals surface area contributed by atoms with E-state index in [-0.39, 0.29) is 10.6 Å². The van der Waals surface area contributed by atoms with Gasteiger partial charge in [0.25, 0.3) is 0 Å². The molecule has 5 heteroatoms. The van der Waals surface area contributed by atoms with E-state index in [1.165, 1.54) is 20.3 Å². The quantitative estimate of drug-likeness (QED) is 0.749. The van der Waals surface area contributed by atoms with Crippen molar-refractivity contribution in [3.05, 3.63) is 34.1 Å². The van der Waals surface area contributed by atoms with Gasteiger partial charge in [0.05, 0.1) is 10.6 Å². The van der Waals surface area contributed by atoms with Gasteiger partial charge in [0.2, 0.25) is 0 Å². The monoisotopic (exact) mass is 229 g/mol. The van der Waals surface area contributed by atoms with Crippen LogP contribution in [0.2, 0.25) is 5.02 Å². The predicted molar refractivity (Wildman–Crippen MR) is 52.9 cm³/mol. The number of nitriles is 1. The molecule has 0 radical (unpaired) electrons. The van der Waals surface area contributed by atoms with Crippen molar-refractivity contribution in [1.82, 2.24) is 0 Å². The lowest BCUT2D eigenvalue weighted by atomic mass is 10.1. The van der Waals surface area contributed by atoms with Gasteiger partial charge in [0, 0.05) is 19.8 Å². The van der Waals surface area contributed by atoms with Gasteiger partial charge in [-0.25, -0.2) is 4.39 Å². The van der Waals surface area contributed by atoms with Crippen molar-refractivity contribution in [2.24, 2.45) is 0 Å². The number of benzene rings is 1. The number of halogens is 2. The van der Waals surface area contributed by atoms with Gasteiger partial charge in [-0.2, -0.15) is 5.26 Å². The lowest BCUT2D eigenvalue weighted by molar-refractivity contribution is -0.105. The summed E-state index contributed by atoms with van der Waals surface area (Å²) in [4.78, 5) is 0. The zero-order chi connectivity index (χ0) is 11.4. The average molecular weight is 230 g/mol. The van der Waals surface area contributed by atoms with Crippen LogP contribution >= 0.6 is 11.6 Å². The molecule has 0 bridgehead atoms. The minimum absolute atomic E-state index is 0.0894. The molecule has 0 saturated carbocycles. The van der Waals surface area contributed by atoms with Gasteiger partial charge >= 0.3 is 0 Å². The van der Waals surface area contributed by atoms with E-state index in [4.69, 9.17) is 26.3 Å². The molecular formula is C10H9ClFNO2. The maximum absolute atomic E-state index is 13.1. The van der Waals surface area contributed by atoms with E-state index in [1.807, 2.05) is 0 Å². The van der Waals surface area contributed by atoms with E-state index in [9.17, 15) is 4.39 Å². The van der Waals surface area contributed by atoms with Crippen LogP contribution in [0.3, 0.4) is 0 Å². The summed E-state index contributed by atoms with van der Waals surface area (Å²) >= 11 is 5.80. The number of nitrogens with zero attached hydrogens (tertiary/aromatic N) is 1. The molecule has 0 fully saturated rings. The zero-order valence-corrected chi connectivity index (χ0v) is 9.01. The molecule has 0 amide bonds. The molecule has 0 aliphatic rings. The molecule has 0 N–H and O–H groups in total. The molecule has 0 atom stereocenters. The minimum atomic E-state index is -0.704. The van der Waals surface area contributed by atoms with Crippen LogP contribution in [-0.2, 0) is 9.47 Å². The van der Waals surface area contributed by atoms with Gasteiger partial charge in [-0.1, -0.05) is 11.6 Å². The van der Waals surface area contributed by atoms with Crippen molar-refractivity contribution in [3.63, 3.8) is 0 Å². The first kappa shape index (κ1) is 11.9. The number of methoxy groups -OCH3 is 2. The fraction of sp³-hybridized carbons (Fsp3) is 0.300. The highest BCUT2D eigenvalue weighted by Crippen LogP contribution is 2.28. The van der Waals surface area contributed by atoms with Crippen molar-refractivity contribution in [2.45, 2.75) is 6.29 Å². The molecule has 0 heterocycles. The third-order valence-electron chi connectivity index (χ3n) is 1.89. The average Bonchev–Trinajstić information content (AvgIpc) is 2.22. The van der Waals surface area contributed by atoms with Crippen LogP contribution in [0, 0.1) is 17.1 Å². The van der Waals surface area contributed by atoms with Gasteiger partial charge in [-0.3, -0.25) is 0 Å². The van der Waals surface area contributed by atoms with E-state index >= 15 is 0 Å². The topological polar surface area (TPSA) is 42.2 Å². The number of hydrogen-bond acceptors (Lipinski definition) is 3. The largest absolute Gasteiger partial charge is 0.352 e. The van der Waals surface area contributed by atoms with Gasteiger partial charge in [-0.05, 0) is 12.1 Å². The number of hydrogen-bond donors (Lipinski definition) is 0. The third-order valence-corrected chi connectivity index (χ3v) is 2.22. The Morgan fingerprint density at radius 1 is 1.40 bits per heavy atom. The number of rotatable bonds is 3. The van der Waals surface area contributed by atoms with Crippen LogP contribution < -0.4 is 0 Å². The van der Waals surface area contributed by atoms with Crippen LogP contribution in [0.5, 0.6) is 0 Å². The van der Waals surface area contributed by atoms with Crippen LogP contribution in [0.15, 0.2) is 12.1 Å². The first-order valence-corrected chi connectivity index (χ1v) is 4.46. The Morgan fingerprint density at radius 2 is 2.00 bits per heavy atom. The van der Waals surface area contributed by atoms with Crippen molar-refractivity contribution in [2.75, 3.05) is 14.2 Å². The number of ether oxygens (including phenoxy) is 2. The highest BCUT2D eigenvalue weighted by atomic mass is 35.5. The van der Waals surface area contributed by atoms with Crippen molar-refractivity contribution in [1.29, 1.82) is 5.26 Å². The van der Waals surface area contributed by atoms with Crippen LogP contribution in [-0.4, -0.2) is 14.2 Å². The van der Waals surface area contributed by atoms with Crippen molar-refractivity contribution < 1.29 is 13.9 Å². The molecular weight excluding hydrogens is 221 g/mol. The molecule has 0 spiro atoms. The van der Waals surface area contributed by atoms with Crippen LogP contribution in [0.25, 0.3) is 0 Å². The van der Waals surface area contributed by atoms with Gasteiger partial charge < -0.3 is 9.47 Å². The Morgan fingerprint density at radius 3 is 2.47 bits per heavy atom. The Bertz CT molecular complexity index is 399. The molecule has 1 aromatic carbocycles. The Labute approximate surface area is 92.0 Å². The summed E-state index contributed by atoms with van der Waals surface area (Å²) in [5.41, 5.74) is 0.341. The van der Waals surface area contributed by atoms with Crippen LogP contribution in [0.4, 0.5) is 4.39 Å². The first-order chi connectivity index (χ1) is 7.13. The second-order valence-corrected chi connectivity index (χ2v) is 3.18. The summed E-state index contributed by atoms with van der Waals surface area (Å²) in [6.07, 6.45) is -0.704. The van der Waals surface area contributed by atoms with Gasteiger partial charge in [-0.15, -0.1) is 0 Å². The normalized spacial score (nSPS) is 10.4. The summed E-state index contributed by atoms with van der Waals surface area (Å²) in [5, 5.41) is 8.81. The summed E-state index contributed by atoms with van der Waals surface area (Å²) < 4.78 is 23.0. The van der Waals surface area contributed by atoms with E-state index < -0.39 is 12.1 Å². The molecule has 15 heavy (non-hydrogen) atoms. The van der Waals surface area contributed by atoms with E-state index in [0.29, 0.717) is 5.56 Å². The Balaban J connectivity index is 3.24. The summed E-state index contributed by atoms with van der Waals surface area (Å²) in [7, 11) is 2.86. The fourth-order valence-corrected chi connectivity index (χ4v) is 1.42. The SMILES string of the molecule is COC(OC)c1cc(C#N)c(F)cc1Cl. The zero-order valence-electron chi connectivity index (χ0n) is 8.25. The third kappa shape index (κ3) is 2.45. The molecule has 0 saturated heterocycles. The molecule has 0 aliphatic heterocycles. The van der Waals surface area contributed by atoms with E-state index in [2.05, 4.69) is 0 Å². The smallest absolute Gasteiger partial charge is 0.184 e. The Kier molecular flexibility index (Phi) is 4.04. The van der Waals surface area contributed by atoms with Crippen LogP contribution in [0.1, 0.15) is 17.4 Å². The van der Waals surface area contributed by atoms with E-state index in [1.54, 1.807) is 6.07 Å².